The van der Waals surface area contributed by atoms with Gasteiger partial charge in [0.05, 0.1) is 0 Å². The van der Waals surface area contributed by atoms with Crippen LogP contribution in [0, 0.1) is 5.92 Å². The summed E-state index contributed by atoms with van der Waals surface area (Å²) in [6, 6.07) is 10.3. The molecule has 0 saturated heterocycles. The van der Waals surface area contributed by atoms with Gasteiger partial charge in [-0.3, -0.25) is 4.79 Å². The van der Waals surface area contributed by atoms with Crippen LogP contribution in [-0.2, 0) is 4.79 Å². The molecule has 1 aromatic rings. The molecule has 2 unspecified atom stereocenters. The molecule has 1 saturated carbocycles. The zero-order valence-electron chi connectivity index (χ0n) is 9.23. The van der Waals surface area contributed by atoms with Crippen LogP contribution < -0.4 is 0 Å². The Hall–Kier alpha value is -1.37. The predicted molar refractivity (Wildman–Crippen MR) is 61.7 cm³/mol. The van der Waals surface area contributed by atoms with Crippen LogP contribution >= 0.6 is 0 Å². The lowest BCUT2D eigenvalue weighted by Crippen LogP contribution is -1.98. The van der Waals surface area contributed by atoms with Gasteiger partial charge in [0.25, 0.3) is 0 Å². The van der Waals surface area contributed by atoms with Crippen LogP contribution in [0.1, 0.15) is 31.7 Å². The molecule has 0 radical (unpaired) electrons. The van der Waals surface area contributed by atoms with E-state index in [-0.39, 0.29) is 5.92 Å². The van der Waals surface area contributed by atoms with Crippen molar-refractivity contribution in [2.75, 3.05) is 0 Å². The van der Waals surface area contributed by atoms with Crippen LogP contribution in [0.15, 0.2) is 42.0 Å². The Morgan fingerprint density at radius 1 is 1.27 bits per heavy atom. The van der Waals surface area contributed by atoms with Crippen LogP contribution in [-0.4, -0.2) is 5.78 Å². The molecule has 0 amide bonds. The standard InChI is InChI=1S/C14H16O/c1-10(2)8-14(15)13-9-12(13)11-6-4-3-5-7-11/h3-8,12-13H,9H2,1-2H3. The van der Waals surface area contributed by atoms with Crippen LogP contribution in [0.3, 0.4) is 0 Å². The summed E-state index contributed by atoms with van der Waals surface area (Å²) < 4.78 is 0. The molecule has 1 aliphatic rings. The first-order valence-corrected chi connectivity index (χ1v) is 5.42. The lowest BCUT2D eigenvalue weighted by atomic mass is 10.1. The maximum absolute atomic E-state index is 11.7. The highest BCUT2D eigenvalue weighted by Crippen LogP contribution is 2.48. The number of hydrogen-bond donors (Lipinski definition) is 0. The summed E-state index contributed by atoms with van der Waals surface area (Å²) in [7, 11) is 0. The quantitative estimate of drug-likeness (QED) is 0.684. The number of carbonyl (C=O) groups excluding carboxylic acids is 1. The van der Waals surface area contributed by atoms with Crippen LogP contribution in [0.4, 0.5) is 0 Å². The van der Waals surface area contributed by atoms with E-state index in [9.17, 15) is 4.79 Å². The molecule has 0 aromatic heterocycles. The molecular formula is C14H16O. The molecule has 15 heavy (non-hydrogen) atoms. The number of ketones is 1. The van der Waals surface area contributed by atoms with Gasteiger partial charge < -0.3 is 0 Å². The highest BCUT2D eigenvalue weighted by molar-refractivity contribution is 5.95. The number of benzene rings is 1. The fourth-order valence-corrected chi connectivity index (χ4v) is 1.97. The van der Waals surface area contributed by atoms with Gasteiger partial charge >= 0.3 is 0 Å². The Morgan fingerprint density at radius 3 is 2.53 bits per heavy atom. The number of rotatable bonds is 3. The lowest BCUT2D eigenvalue weighted by Gasteiger charge is -1.97. The Balaban J connectivity index is 2.03. The number of carbonyl (C=O) groups is 1. The minimum absolute atomic E-state index is 0.238. The summed E-state index contributed by atoms with van der Waals surface area (Å²) in [6.07, 6.45) is 2.79. The first-order valence-electron chi connectivity index (χ1n) is 5.42. The van der Waals surface area contributed by atoms with Gasteiger partial charge in [-0.15, -0.1) is 0 Å². The van der Waals surface area contributed by atoms with Gasteiger partial charge in [0.1, 0.15) is 0 Å². The third-order valence-electron chi connectivity index (χ3n) is 2.81. The highest BCUT2D eigenvalue weighted by atomic mass is 16.1. The second kappa shape index (κ2) is 4.01. The van der Waals surface area contributed by atoms with E-state index in [4.69, 9.17) is 0 Å². The van der Waals surface area contributed by atoms with Gasteiger partial charge in [-0.2, -0.15) is 0 Å². The zero-order chi connectivity index (χ0) is 10.8. The average molecular weight is 200 g/mol. The SMILES string of the molecule is CC(C)=CC(=O)C1CC1c1ccccc1. The largest absolute Gasteiger partial charge is 0.295 e. The number of hydrogen-bond acceptors (Lipinski definition) is 1. The van der Waals surface area contributed by atoms with Crippen molar-refractivity contribution in [1.82, 2.24) is 0 Å². The van der Waals surface area contributed by atoms with Gasteiger partial charge in [-0.05, 0) is 37.8 Å². The summed E-state index contributed by atoms with van der Waals surface area (Å²) >= 11 is 0. The average Bonchev–Trinajstić information content (AvgIpc) is 2.97. The lowest BCUT2D eigenvalue weighted by molar-refractivity contribution is -0.115. The Morgan fingerprint density at radius 2 is 1.93 bits per heavy atom. The van der Waals surface area contributed by atoms with Gasteiger partial charge in [0.15, 0.2) is 5.78 Å². The Labute approximate surface area is 90.8 Å². The highest BCUT2D eigenvalue weighted by Gasteiger charge is 2.42. The molecule has 0 heterocycles. The van der Waals surface area contributed by atoms with Gasteiger partial charge in [-0.25, -0.2) is 0 Å². The molecule has 78 valence electrons. The second-order valence-corrected chi connectivity index (χ2v) is 4.48. The minimum Gasteiger partial charge on any atom is -0.295 e. The number of allylic oxidation sites excluding steroid dienone is 2. The molecule has 0 bridgehead atoms. The smallest absolute Gasteiger partial charge is 0.159 e. The fraction of sp³-hybridized carbons (Fsp3) is 0.357. The van der Waals surface area contributed by atoms with E-state index in [0.29, 0.717) is 11.7 Å². The van der Waals surface area contributed by atoms with E-state index in [2.05, 4.69) is 12.1 Å². The van der Waals surface area contributed by atoms with E-state index >= 15 is 0 Å². The Bertz CT molecular complexity index is 385. The first-order chi connectivity index (χ1) is 7.18. The normalized spacial score (nSPS) is 23.3. The van der Waals surface area contributed by atoms with Crippen molar-refractivity contribution in [2.24, 2.45) is 5.92 Å². The van der Waals surface area contributed by atoms with Crippen molar-refractivity contribution in [3.63, 3.8) is 0 Å². The van der Waals surface area contributed by atoms with Crippen molar-refractivity contribution in [3.8, 4) is 0 Å². The molecule has 0 aliphatic heterocycles. The predicted octanol–water partition coefficient (Wildman–Crippen LogP) is 3.33. The van der Waals surface area contributed by atoms with Crippen molar-refractivity contribution < 1.29 is 4.79 Å². The summed E-state index contributed by atoms with van der Waals surface area (Å²) in [4.78, 5) is 11.7. The molecule has 2 rings (SSSR count). The van der Waals surface area contributed by atoms with Crippen LogP contribution in [0.5, 0.6) is 0 Å². The van der Waals surface area contributed by atoms with Crippen molar-refractivity contribution >= 4 is 5.78 Å². The third-order valence-corrected chi connectivity index (χ3v) is 2.81. The van der Waals surface area contributed by atoms with E-state index in [0.717, 1.165) is 12.0 Å². The molecule has 2 atom stereocenters. The maximum Gasteiger partial charge on any atom is 0.159 e. The van der Waals surface area contributed by atoms with Gasteiger partial charge in [0.2, 0.25) is 0 Å². The molecule has 1 fully saturated rings. The third kappa shape index (κ3) is 2.35. The minimum atomic E-state index is 0.238. The zero-order valence-corrected chi connectivity index (χ0v) is 9.23. The van der Waals surface area contributed by atoms with Crippen molar-refractivity contribution in [3.05, 3.63) is 47.5 Å². The molecule has 0 N–H and O–H groups in total. The maximum atomic E-state index is 11.7. The molecule has 1 aromatic carbocycles. The van der Waals surface area contributed by atoms with Gasteiger partial charge in [0, 0.05) is 5.92 Å². The van der Waals surface area contributed by atoms with E-state index in [1.54, 1.807) is 6.08 Å². The summed E-state index contributed by atoms with van der Waals surface area (Å²) in [6.45, 7) is 3.94. The molecule has 1 nitrogen and oxygen atoms in total. The summed E-state index contributed by atoms with van der Waals surface area (Å²) in [5, 5.41) is 0. The molecular weight excluding hydrogens is 184 g/mol. The van der Waals surface area contributed by atoms with E-state index in [1.807, 2.05) is 32.0 Å². The second-order valence-electron chi connectivity index (χ2n) is 4.48. The summed E-state index contributed by atoms with van der Waals surface area (Å²) in [5.74, 6) is 1.00. The van der Waals surface area contributed by atoms with Gasteiger partial charge in [-0.1, -0.05) is 35.9 Å². The van der Waals surface area contributed by atoms with Crippen LogP contribution in [0.25, 0.3) is 0 Å². The van der Waals surface area contributed by atoms with Crippen LogP contribution in [0.2, 0.25) is 0 Å². The monoisotopic (exact) mass is 200 g/mol. The first kappa shape index (κ1) is 10.2. The van der Waals surface area contributed by atoms with Crippen molar-refractivity contribution in [2.45, 2.75) is 26.2 Å². The fourth-order valence-electron chi connectivity index (χ4n) is 1.97. The van der Waals surface area contributed by atoms with Crippen molar-refractivity contribution in [1.29, 1.82) is 0 Å². The molecule has 1 aliphatic carbocycles. The Kier molecular flexibility index (Phi) is 2.72. The molecule has 1 heteroatoms. The summed E-state index contributed by atoms with van der Waals surface area (Å²) in [5.41, 5.74) is 2.40. The van der Waals surface area contributed by atoms with E-state index in [1.165, 1.54) is 5.56 Å². The topological polar surface area (TPSA) is 17.1 Å². The van der Waals surface area contributed by atoms with E-state index < -0.39 is 0 Å². The molecule has 0 spiro atoms.